The standard InChI is InChI=1S/C27H32N6OS/c1-3-20-11-9-12-21(4-2)24(20)33-25(22-13-10-16-29-17-22)31-32-26(33)35-18-23(34)30-27(19-28)14-7-5-6-8-15-27/h9-13,16-17H,3-8,14-15,18H2,1-2H3,(H,30,34). The molecule has 1 saturated carbocycles. The predicted octanol–water partition coefficient (Wildman–Crippen LogP) is 5.28. The van der Waals surface area contributed by atoms with Crippen LogP contribution in [0.3, 0.4) is 0 Å². The highest BCUT2D eigenvalue weighted by Gasteiger charge is 2.32. The number of rotatable bonds is 8. The molecule has 0 radical (unpaired) electrons. The number of para-hydroxylation sites is 1. The van der Waals surface area contributed by atoms with Crippen LogP contribution in [0.4, 0.5) is 0 Å². The van der Waals surface area contributed by atoms with E-state index in [2.05, 4.69) is 63.2 Å². The van der Waals surface area contributed by atoms with Gasteiger partial charge in [0.25, 0.3) is 0 Å². The summed E-state index contributed by atoms with van der Waals surface area (Å²) in [5.41, 5.74) is 3.57. The Morgan fingerprint density at radius 1 is 1.09 bits per heavy atom. The van der Waals surface area contributed by atoms with E-state index in [0.717, 1.165) is 49.8 Å². The van der Waals surface area contributed by atoms with Gasteiger partial charge in [0.15, 0.2) is 11.0 Å². The molecule has 7 nitrogen and oxygen atoms in total. The summed E-state index contributed by atoms with van der Waals surface area (Å²) in [7, 11) is 0. The van der Waals surface area contributed by atoms with Gasteiger partial charge in [-0.05, 0) is 48.9 Å². The maximum absolute atomic E-state index is 13.0. The van der Waals surface area contributed by atoms with Crippen LogP contribution in [0.2, 0.25) is 0 Å². The predicted molar refractivity (Wildman–Crippen MR) is 138 cm³/mol. The molecule has 0 spiro atoms. The van der Waals surface area contributed by atoms with E-state index in [4.69, 9.17) is 0 Å². The molecule has 0 aliphatic heterocycles. The molecule has 1 aliphatic rings. The minimum Gasteiger partial charge on any atom is -0.337 e. The maximum Gasteiger partial charge on any atom is 0.231 e. The number of thioether (sulfide) groups is 1. The van der Waals surface area contributed by atoms with Gasteiger partial charge in [0.2, 0.25) is 5.91 Å². The number of hydrogen-bond acceptors (Lipinski definition) is 6. The molecular formula is C27H32N6OS. The summed E-state index contributed by atoms with van der Waals surface area (Å²) in [6.07, 6.45) is 10.8. The van der Waals surface area contributed by atoms with Crippen LogP contribution in [0, 0.1) is 11.3 Å². The van der Waals surface area contributed by atoms with E-state index in [9.17, 15) is 10.1 Å². The molecule has 1 aromatic carbocycles. The summed E-state index contributed by atoms with van der Waals surface area (Å²) in [5.74, 6) is 0.731. The fourth-order valence-electron chi connectivity index (χ4n) is 4.78. The Morgan fingerprint density at radius 2 is 1.80 bits per heavy atom. The van der Waals surface area contributed by atoms with Crippen molar-refractivity contribution in [3.8, 4) is 23.1 Å². The topological polar surface area (TPSA) is 96.5 Å². The molecule has 0 bridgehead atoms. The van der Waals surface area contributed by atoms with Crippen molar-refractivity contribution in [1.82, 2.24) is 25.1 Å². The number of carbonyl (C=O) groups excluding carboxylic acids is 1. The number of nitrogens with zero attached hydrogens (tertiary/aromatic N) is 5. The molecule has 8 heteroatoms. The highest BCUT2D eigenvalue weighted by Crippen LogP contribution is 2.32. The number of carbonyl (C=O) groups is 1. The number of nitriles is 1. The molecule has 0 unspecified atom stereocenters. The first kappa shape index (κ1) is 24.9. The van der Waals surface area contributed by atoms with Crippen molar-refractivity contribution in [3.63, 3.8) is 0 Å². The van der Waals surface area contributed by atoms with Crippen LogP contribution in [-0.4, -0.2) is 36.9 Å². The van der Waals surface area contributed by atoms with Crippen molar-refractivity contribution in [1.29, 1.82) is 5.26 Å². The smallest absolute Gasteiger partial charge is 0.231 e. The largest absolute Gasteiger partial charge is 0.337 e. The van der Waals surface area contributed by atoms with Crippen molar-refractivity contribution in [3.05, 3.63) is 53.9 Å². The quantitative estimate of drug-likeness (QED) is 0.342. The maximum atomic E-state index is 13.0. The average Bonchev–Trinajstić information content (AvgIpc) is 3.18. The zero-order valence-electron chi connectivity index (χ0n) is 20.5. The highest BCUT2D eigenvalue weighted by atomic mass is 32.2. The number of benzene rings is 1. The minimum absolute atomic E-state index is 0.143. The first-order valence-corrected chi connectivity index (χ1v) is 13.4. The monoisotopic (exact) mass is 488 g/mol. The number of hydrogen-bond donors (Lipinski definition) is 1. The van der Waals surface area contributed by atoms with Crippen LogP contribution in [0.5, 0.6) is 0 Å². The third kappa shape index (κ3) is 5.57. The summed E-state index contributed by atoms with van der Waals surface area (Å²) in [5, 5.41) is 22.5. The average molecular weight is 489 g/mol. The molecule has 1 aliphatic carbocycles. The van der Waals surface area contributed by atoms with Gasteiger partial charge >= 0.3 is 0 Å². The Labute approximate surface area is 211 Å². The molecule has 0 atom stereocenters. The molecule has 35 heavy (non-hydrogen) atoms. The van der Waals surface area contributed by atoms with E-state index in [0.29, 0.717) is 23.8 Å². The van der Waals surface area contributed by atoms with Gasteiger partial charge in [-0.25, -0.2) is 0 Å². The van der Waals surface area contributed by atoms with E-state index < -0.39 is 5.54 Å². The Morgan fingerprint density at radius 3 is 2.40 bits per heavy atom. The number of amides is 1. The van der Waals surface area contributed by atoms with Crippen LogP contribution in [0.1, 0.15) is 63.5 Å². The third-order valence-corrected chi connectivity index (χ3v) is 7.55. The number of aromatic nitrogens is 4. The second-order valence-electron chi connectivity index (χ2n) is 8.96. The van der Waals surface area contributed by atoms with E-state index in [1.54, 1.807) is 12.4 Å². The fourth-order valence-corrected chi connectivity index (χ4v) is 5.52. The van der Waals surface area contributed by atoms with Gasteiger partial charge in [-0.1, -0.05) is 69.5 Å². The lowest BCUT2D eigenvalue weighted by atomic mass is 9.92. The Hall–Kier alpha value is -3.18. The molecule has 2 aromatic heterocycles. The summed E-state index contributed by atoms with van der Waals surface area (Å²) >= 11 is 1.35. The van der Waals surface area contributed by atoms with Crippen LogP contribution >= 0.6 is 11.8 Å². The zero-order chi connectivity index (χ0) is 24.7. The molecule has 0 saturated heterocycles. The van der Waals surface area contributed by atoms with E-state index in [-0.39, 0.29) is 11.7 Å². The Balaban J connectivity index is 1.66. The summed E-state index contributed by atoms with van der Waals surface area (Å²) in [6, 6.07) is 12.6. The molecule has 4 rings (SSSR count). The van der Waals surface area contributed by atoms with Crippen molar-refractivity contribution >= 4 is 17.7 Å². The SMILES string of the molecule is CCc1cccc(CC)c1-n1c(SCC(=O)NC2(C#N)CCCCCC2)nnc1-c1cccnc1. The third-order valence-electron chi connectivity index (χ3n) is 6.62. The van der Waals surface area contributed by atoms with Crippen LogP contribution < -0.4 is 5.32 Å². The number of nitrogens with one attached hydrogen (secondary N) is 1. The molecule has 3 aromatic rings. The van der Waals surface area contributed by atoms with Crippen molar-refractivity contribution in [2.45, 2.75) is 75.9 Å². The van der Waals surface area contributed by atoms with Crippen molar-refractivity contribution < 1.29 is 4.79 Å². The van der Waals surface area contributed by atoms with Gasteiger partial charge in [0, 0.05) is 18.0 Å². The van der Waals surface area contributed by atoms with Gasteiger partial charge in [0.1, 0.15) is 5.54 Å². The fraction of sp³-hybridized carbons (Fsp3) is 0.444. The van der Waals surface area contributed by atoms with Crippen LogP contribution in [0.25, 0.3) is 17.1 Å². The normalized spacial score (nSPS) is 15.2. The van der Waals surface area contributed by atoms with Crippen molar-refractivity contribution in [2.24, 2.45) is 0 Å². The van der Waals surface area contributed by atoms with E-state index in [1.165, 1.54) is 22.9 Å². The van der Waals surface area contributed by atoms with E-state index >= 15 is 0 Å². The lowest BCUT2D eigenvalue weighted by molar-refractivity contribution is -0.120. The summed E-state index contributed by atoms with van der Waals surface area (Å²) < 4.78 is 2.07. The van der Waals surface area contributed by atoms with Gasteiger partial charge in [-0.3, -0.25) is 14.3 Å². The second kappa shape index (κ2) is 11.5. The highest BCUT2D eigenvalue weighted by molar-refractivity contribution is 7.99. The first-order chi connectivity index (χ1) is 17.1. The second-order valence-corrected chi connectivity index (χ2v) is 9.90. The number of pyridine rings is 1. The Kier molecular flexibility index (Phi) is 8.19. The van der Waals surface area contributed by atoms with Gasteiger partial charge in [0.05, 0.1) is 17.5 Å². The van der Waals surface area contributed by atoms with Crippen LogP contribution in [0.15, 0.2) is 47.9 Å². The lowest BCUT2D eigenvalue weighted by Gasteiger charge is -2.26. The minimum atomic E-state index is -0.757. The van der Waals surface area contributed by atoms with Gasteiger partial charge < -0.3 is 5.32 Å². The summed E-state index contributed by atoms with van der Waals surface area (Å²) in [6.45, 7) is 4.28. The Bertz CT molecular complexity index is 1170. The first-order valence-electron chi connectivity index (χ1n) is 12.4. The summed E-state index contributed by atoms with van der Waals surface area (Å²) in [4.78, 5) is 17.3. The van der Waals surface area contributed by atoms with Crippen LogP contribution in [-0.2, 0) is 17.6 Å². The van der Waals surface area contributed by atoms with Gasteiger partial charge in [-0.15, -0.1) is 10.2 Å². The molecular weight excluding hydrogens is 456 g/mol. The molecule has 1 fully saturated rings. The molecule has 182 valence electrons. The van der Waals surface area contributed by atoms with Crippen molar-refractivity contribution in [2.75, 3.05) is 5.75 Å². The number of aryl methyl sites for hydroxylation is 2. The lowest BCUT2D eigenvalue weighted by Crippen LogP contribution is -2.47. The van der Waals surface area contributed by atoms with Gasteiger partial charge in [-0.2, -0.15) is 5.26 Å². The van der Waals surface area contributed by atoms with E-state index in [1.807, 2.05) is 12.1 Å². The molecule has 2 heterocycles. The zero-order valence-corrected chi connectivity index (χ0v) is 21.3. The molecule has 1 N–H and O–H groups in total. The molecule has 1 amide bonds.